The van der Waals surface area contributed by atoms with Gasteiger partial charge in [0.05, 0.1) is 19.8 Å². The van der Waals surface area contributed by atoms with E-state index in [9.17, 15) is 50.1 Å². The maximum absolute atomic E-state index is 14.1. The van der Waals surface area contributed by atoms with Crippen LogP contribution in [-0.4, -0.2) is 135 Å². The zero-order chi connectivity index (χ0) is 41.9. The molecule has 15 nitrogen and oxygen atoms in total. The predicted octanol–water partition coefficient (Wildman–Crippen LogP) is 2.10. The van der Waals surface area contributed by atoms with Crippen molar-refractivity contribution in [2.24, 2.45) is 52.3 Å². The van der Waals surface area contributed by atoms with Crippen LogP contribution in [0, 0.1) is 52.3 Å². The monoisotopic (exact) mass is 810 g/mol. The van der Waals surface area contributed by atoms with E-state index in [-0.39, 0.29) is 64.2 Å². The van der Waals surface area contributed by atoms with Crippen molar-refractivity contribution in [1.29, 1.82) is 0 Å². The van der Waals surface area contributed by atoms with Crippen molar-refractivity contribution in [2.75, 3.05) is 13.7 Å². The Morgan fingerprint density at radius 1 is 0.877 bits per heavy atom. The maximum Gasteiger partial charge on any atom is 0.337 e. The lowest BCUT2D eigenvalue weighted by Crippen LogP contribution is -2.65. The minimum Gasteiger partial charge on any atom is -0.504 e. The molecule has 5 fully saturated rings. The van der Waals surface area contributed by atoms with E-state index in [4.69, 9.17) is 23.7 Å². The number of aliphatic hydroxyl groups excluding tert-OH is 7. The fourth-order valence-corrected chi connectivity index (χ4v) is 12.2. The zero-order valence-electron chi connectivity index (χ0n) is 34.4. The number of ketones is 2. The van der Waals surface area contributed by atoms with Gasteiger partial charge in [-0.3, -0.25) is 9.59 Å². The summed E-state index contributed by atoms with van der Waals surface area (Å²) < 4.78 is 28.6. The number of esters is 1. The molecule has 0 spiro atoms. The molecule has 6 aliphatic rings. The molecular weight excluding hydrogens is 744 g/mol. The molecule has 2 aliphatic heterocycles. The third-order valence-corrected chi connectivity index (χ3v) is 15.3. The molecule has 2 saturated heterocycles. The van der Waals surface area contributed by atoms with E-state index in [1.54, 1.807) is 0 Å². The van der Waals surface area contributed by atoms with E-state index in [2.05, 4.69) is 27.7 Å². The Kier molecular flexibility index (Phi) is 13.4. The van der Waals surface area contributed by atoms with Gasteiger partial charge in [0.25, 0.3) is 0 Å². The Labute approximate surface area is 335 Å². The molecule has 6 rings (SSSR count). The number of allylic oxidation sites excluding steroid dienone is 2. The van der Waals surface area contributed by atoms with E-state index in [1.165, 1.54) is 0 Å². The first-order chi connectivity index (χ1) is 26.8. The fourth-order valence-electron chi connectivity index (χ4n) is 12.2. The summed E-state index contributed by atoms with van der Waals surface area (Å²) in [7, 11) is 1.11. The summed E-state index contributed by atoms with van der Waals surface area (Å²) in [5, 5.41) is 74.6. The lowest BCUT2D eigenvalue weighted by molar-refractivity contribution is -0.369. The molecule has 0 radical (unpaired) electrons. The van der Waals surface area contributed by atoms with E-state index in [0.717, 1.165) is 51.2 Å². The van der Waals surface area contributed by atoms with Crippen molar-refractivity contribution >= 4 is 17.5 Å². The van der Waals surface area contributed by atoms with Gasteiger partial charge >= 0.3 is 5.97 Å². The van der Waals surface area contributed by atoms with Gasteiger partial charge in [-0.15, -0.1) is 0 Å². The SMILES string of the molecule is CCC(C(=O)CC(C)C1=C(O)C(=O)C2C3CCC4CC(OC5OC(C(=O)OC)C(O)C(O)C5OC5OC(CO)C(O)C(O)C5O)CCC4(C)C3CCC12C)C(C)C. The highest BCUT2D eigenvalue weighted by molar-refractivity contribution is 6.00. The van der Waals surface area contributed by atoms with E-state index in [0.29, 0.717) is 19.3 Å². The lowest BCUT2D eigenvalue weighted by atomic mass is 9.44. The third kappa shape index (κ3) is 7.76. The number of Topliss-reactive ketones (excluding diaryl/α,β-unsaturated/α-hetero) is 2. The second-order valence-electron chi connectivity index (χ2n) is 18.7. The summed E-state index contributed by atoms with van der Waals surface area (Å²) in [6.45, 7) is 11.8. The topological polar surface area (TPSA) is 239 Å². The third-order valence-electron chi connectivity index (χ3n) is 15.3. The van der Waals surface area contributed by atoms with Gasteiger partial charge in [0.15, 0.2) is 24.4 Å². The maximum atomic E-state index is 14.1. The Hall–Kier alpha value is -2.05. The molecule has 7 N–H and O–H groups in total. The summed E-state index contributed by atoms with van der Waals surface area (Å²) in [5.74, 6) is -1.10. The molecule has 19 atom stereocenters. The first kappa shape index (κ1) is 44.5. The summed E-state index contributed by atoms with van der Waals surface area (Å²) in [5.41, 5.74) is 0.0682. The zero-order valence-corrected chi connectivity index (χ0v) is 34.4. The van der Waals surface area contributed by atoms with Crippen LogP contribution in [0.5, 0.6) is 0 Å². The molecule has 57 heavy (non-hydrogen) atoms. The van der Waals surface area contributed by atoms with Crippen LogP contribution in [0.2, 0.25) is 0 Å². The van der Waals surface area contributed by atoms with Crippen LogP contribution >= 0.6 is 0 Å². The summed E-state index contributed by atoms with van der Waals surface area (Å²) >= 11 is 0. The molecule has 4 aliphatic carbocycles. The number of hydrogen-bond donors (Lipinski definition) is 7. The quantitative estimate of drug-likeness (QED) is 0.110. The largest absolute Gasteiger partial charge is 0.504 e. The van der Waals surface area contributed by atoms with Crippen molar-refractivity contribution in [1.82, 2.24) is 0 Å². The predicted molar refractivity (Wildman–Crippen MR) is 201 cm³/mol. The number of carbonyl (C=O) groups is 3. The normalized spacial score (nSPS) is 45.9. The standard InChI is InChI=1S/C42H66O15/c1-8-22(18(2)3)25(44)15-19(4)27-30(46)31(47)28-23-10-9-20-16-21(11-13-41(20,5)24(23)12-14-42(27,28)6)54-40-37(34(50)33(49)36(56-40)38(52)53-7)57-39-35(51)32(48)29(45)26(17-43)55-39/h18-24,26,28-29,32-37,39-40,43,45-46,48-51H,8-17H2,1-7H3. The molecule has 19 unspecified atom stereocenters. The van der Waals surface area contributed by atoms with Crippen LogP contribution in [0.4, 0.5) is 0 Å². The van der Waals surface area contributed by atoms with Crippen LogP contribution in [0.3, 0.4) is 0 Å². The lowest BCUT2D eigenvalue weighted by Gasteiger charge is -2.60. The number of hydrogen-bond acceptors (Lipinski definition) is 15. The number of methoxy groups -OCH3 is 1. The summed E-state index contributed by atoms with van der Waals surface area (Å²) in [6, 6.07) is 0. The molecule has 3 saturated carbocycles. The van der Waals surface area contributed by atoms with Gasteiger partial charge in [-0.05, 0) is 91.9 Å². The number of carbonyl (C=O) groups excluding carboxylic acids is 3. The molecule has 0 aromatic heterocycles. The van der Waals surface area contributed by atoms with Crippen molar-refractivity contribution < 1.29 is 73.8 Å². The molecular formula is C42H66O15. The Morgan fingerprint density at radius 3 is 2.21 bits per heavy atom. The van der Waals surface area contributed by atoms with E-state index >= 15 is 0 Å². The van der Waals surface area contributed by atoms with Crippen molar-refractivity contribution in [3.8, 4) is 0 Å². The number of aliphatic hydroxyl groups is 7. The Balaban J connectivity index is 1.17. The molecule has 2 heterocycles. The van der Waals surface area contributed by atoms with Crippen LogP contribution < -0.4 is 0 Å². The van der Waals surface area contributed by atoms with Gasteiger partial charge in [0.2, 0.25) is 5.78 Å². The molecule has 0 amide bonds. The van der Waals surface area contributed by atoms with Crippen LogP contribution in [0.25, 0.3) is 0 Å². The highest BCUT2D eigenvalue weighted by Gasteiger charge is 2.64. The minimum absolute atomic E-state index is 0.0579. The van der Waals surface area contributed by atoms with Crippen LogP contribution in [0.1, 0.15) is 99.3 Å². The van der Waals surface area contributed by atoms with E-state index in [1.807, 2.05) is 13.8 Å². The highest BCUT2D eigenvalue weighted by atomic mass is 16.8. The molecule has 324 valence electrons. The molecule has 0 bridgehead atoms. The van der Waals surface area contributed by atoms with Crippen molar-refractivity contribution in [3.63, 3.8) is 0 Å². The van der Waals surface area contributed by atoms with Gasteiger partial charge in [-0.2, -0.15) is 0 Å². The van der Waals surface area contributed by atoms with E-state index < -0.39 is 85.5 Å². The van der Waals surface area contributed by atoms with Crippen LogP contribution in [0.15, 0.2) is 11.3 Å². The Bertz CT molecular complexity index is 1520. The second-order valence-corrected chi connectivity index (χ2v) is 18.7. The first-order valence-electron chi connectivity index (χ1n) is 21.1. The summed E-state index contributed by atoms with van der Waals surface area (Å²) in [4.78, 5) is 40.1. The number of ether oxygens (including phenoxy) is 5. The smallest absolute Gasteiger partial charge is 0.337 e. The first-order valence-corrected chi connectivity index (χ1v) is 21.1. The molecule has 0 aromatic carbocycles. The average molecular weight is 811 g/mol. The van der Waals surface area contributed by atoms with Gasteiger partial charge in [-0.25, -0.2) is 4.79 Å². The van der Waals surface area contributed by atoms with Gasteiger partial charge in [0.1, 0.15) is 48.5 Å². The van der Waals surface area contributed by atoms with Crippen LogP contribution in [-0.2, 0) is 38.1 Å². The average Bonchev–Trinajstić information content (AvgIpc) is 3.37. The number of rotatable bonds is 12. The van der Waals surface area contributed by atoms with Gasteiger partial charge in [0, 0.05) is 23.7 Å². The fraction of sp³-hybridized carbons (Fsp3) is 0.881. The highest BCUT2D eigenvalue weighted by Crippen LogP contribution is 2.67. The number of fused-ring (bicyclic) bond motifs is 5. The van der Waals surface area contributed by atoms with Gasteiger partial charge < -0.3 is 59.4 Å². The minimum atomic E-state index is -1.82. The molecule has 15 heteroatoms. The molecule has 0 aromatic rings. The van der Waals surface area contributed by atoms with Crippen molar-refractivity contribution in [3.05, 3.63) is 11.3 Å². The second kappa shape index (κ2) is 17.1. The Morgan fingerprint density at radius 2 is 1.58 bits per heavy atom. The summed E-state index contributed by atoms with van der Waals surface area (Å²) in [6.07, 6.45) is -10.8. The van der Waals surface area contributed by atoms with Gasteiger partial charge in [-0.1, -0.05) is 41.5 Å². The van der Waals surface area contributed by atoms with Crippen molar-refractivity contribution in [2.45, 2.75) is 167 Å².